The van der Waals surface area contributed by atoms with E-state index in [0.717, 1.165) is 11.3 Å². The fourth-order valence-corrected chi connectivity index (χ4v) is 2.48. The fraction of sp³-hybridized carbons (Fsp3) is 0.211. The van der Waals surface area contributed by atoms with E-state index < -0.39 is 12.1 Å². The number of carbonyl (C=O) groups is 1. The average Bonchev–Trinajstić information content (AvgIpc) is 3.13. The lowest BCUT2D eigenvalue weighted by molar-refractivity contribution is 0.0847. The summed E-state index contributed by atoms with van der Waals surface area (Å²) in [5.74, 6) is -0.359. The molecule has 3 rings (SSSR count). The standard InChI is InChI=1S/C19H20N4O2/c1-14(18(24)12-15-8-4-2-5-9-15)20-19(25)17-13-23(22-21-17)16-10-6-3-7-11-16/h2-11,13-14,18,24H,12H2,1H3,(H,20,25). The van der Waals surface area contributed by atoms with E-state index in [-0.39, 0.29) is 11.6 Å². The zero-order valence-electron chi connectivity index (χ0n) is 13.9. The Morgan fingerprint density at radius 2 is 1.76 bits per heavy atom. The lowest BCUT2D eigenvalue weighted by Gasteiger charge is -2.19. The van der Waals surface area contributed by atoms with E-state index in [1.165, 1.54) is 0 Å². The van der Waals surface area contributed by atoms with Crippen molar-refractivity contribution in [2.75, 3.05) is 0 Å². The Morgan fingerprint density at radius 3 is 2.44 bits per heavy atom. The molecule has 1 aromatic heterocycles. The highest BCUT2D eigenvalue weighted by atomic mass is 16.3. The molecule has 1 amide bonds. The van der Waals surface area contributed by atoms with Gasteiger partial charge in [-0.15, -0.1) is 5.10 Å². The topological polar surface area (TPSA) is 80.0 Å². The van der Waals surface area contributed by atoms with E-state index >= 15 is 0 Å². The summed E-state index contributed by atoms with van der Waals surface area (Å²) in [6.45, 7) is 1.77. The van der Waals surface area contributed by atoms with Crippen molar-refractivity contribution in [1.82, 2.24) is 20.3 Å². The third-order valence-electron chi connectivity index (χ3n) is 3.97. The Kier molecular flexibility index (Phi) is 5.20. The van der Waals surface area contributed by atoms with E-state index in [2.05, 4.69) is 15.6 Å². The van der Waals surface area contributed by atoms with Crippen molar-refractivity contribution >= 4 is 5.91 Å². The van der Waals surface area contributed by atoms with Crippen molar-refractivity contribution in [1.29, 1.82) is 0 Å². The number of amides is 1. The maximum absolute atomic E-state index is 12.3. The number of nitrogens with zero attached hydrogens (tertiary/aromatic N) is 3. The highest BCUT2D eigenvalue weighted by Gasteiger charge is 2.19. The number of hydrogen-bond donors (Lipinski definition) is 2. The van der Waals surface area contributed by atoms with Crippen molar-refractivity contribution in [3.05, 3.63) is 78.1 Å². The van der Waals surface area contributed by atoms with E-state index in [1.54, 1.807) is 17.8 Å². The molecule has 2 atom stereocenters. The van der Waals surface area contributed by atoms with Gasteiger partial charge in [0.05, 0.1) is 24.0 Å². The summed E-state index contributed by atoms with van der Waals surface area (Å²) in [5.41, 5.74) is 2.06. The van der Waals surface area contributed by atoms with Crippen LogP contribution in [-0.4, -0.2) is 38.2 Å². The number of hydrogen-bond acceptors (Lipinski definition) is 4. The van der Waals surface area contributed by atoms with Gasteiger partial charge in [0.2, 0.25) is 0 Å². The zero-order valence-corrected chi connectivity index (χ0v) is 13.9. The van der Waals surface area contributed by atoms with E-state index in [0.29, 0.717) is 6.42 Å². The largest absolute Gasteiger partial charge is 0.391 e. The molecule has 1 heterocycles. The van der Waals surface area contributed by atoms with Crippen molar-refractivity contribution in [3.8, 4) is 5.69 Å². The molecule has 0 aliphatic carbocycles. The molecule has 0 radical (unpaired) electrons. The number of aliphatic hydroxyl groups excluding tert-OH is 1. The van der Waals surface area contributed by atoms with Gasteiger partial charge in [0.1, 0.15) is 0 Å². The predicted molar refractivity (Wildman–Crippen MR) is 94.4 cm³/mol. The number of para-hydroxylation sites is 1. The average molecular weight is 336 g/mol. The molecule has 3 aromatic rings. The molecule has 0 bridgehead atoms. The fourth-order valence-electron chi connectivity index (χ4n) is 2.48. The van der Waals surface area contributed by atoms with Crippen molar-refractivity contribution in [2.45, 2.75) is 25.5 Å². The van der Waals surface area contributed by atoms with Crippen LogP contribution in [0.15, 0.2) is 66.9 Å². The van der Waals surface area contributed by atoms with E-state index in [4.69, 9.17) is 0 Å². The second-order valence-corrected chi connectivity index (χ2v) is 5.90. The number of aromatic nitrogens is 3. The Bertz CT molecular complexity index is 818. The zero-order chi connectivity index (χ0) is 17.6. The third-order valence-corrected chi connectivity index (χ3v) is 3.97. The molecular formula is C19H20N4O2. The van der Waals surface area contributed by atoms with Crippen LogP contribution < -0.4 is 5.32 Å². The quantitative estimate of drug-likeness (QED) is 0.721. The van der Waals surface area contributed by atoms with Crippen LogP contribution >= 0.6 is 0 Å². The minimum Gasteiger partial charge on any atom is -0.391 e. The van der Waals surface area contributed by atoms with Crippen molar-refractivity contribution in [2.24, 2.45) is 0 Å². The molecule has 128 valence electrons. The van der Waals surface area contributed by atoms with Gasteiger partial charge in [-0.2, -0.15) is 0 Å². The minimum atomic E-state index is -0.685. The minimum absolute atomic E-state index is 0.211. The number of carbonyl (C=O) groups excluding carboxylic acids is 1. The summed E-state index contributed by atoms with van der Waals surface area (Å²) < 4.78 is 1.54. The summed E-state index contributed by atoms with van der Waals surface area (Å²) in [6.07, 6.45) is 1.36. The van der Waals surface area contributed by atoms with Crippen molar-refractivity contribution < 1.29 is 9.90 Å². The highest BCUT2D eigenvalue weighted by Crippen LogP contribution is 2.08. The molecule has 25 heavy (non-hydrogen) atoms. The first kappa shape index (κ1) is 16.9. The highest BCUT2D eigenvalue weighted by molar-refractivity contribution is 5.92. The first-order chi connectivity index (χ1) is 12.1. The number of nitrogens with one attached hydrogen (secondary N) is 1. The number of aliphatic hydroxyl groups is 1. The normalized spacial score (nSPS) is 13.2. The van der Waals surface area contributed by atoms with Crippen LogP contribution in [-0.2, 0) is 6.42 Å². The summed E-state index contributed by atoms with van der Waals surface area (Å²) in [5, 5.41) is 20.9. The first-order valence-electron chi connectivity index (χ1n) is 8.14. The van der Waals surface area contributed by atoms with Crippen LogP contribution in [0.1, 0.15) is 23.0 Å². The van der Waals surface area contributed by atoms with Gasteiger partial charge in [0, 0.05) is 6.42 Å². The number of benzene rings is 2. The SMILES string of the molecule is CC(NC(=O)c1cn(-c2ccccc2)nn1)C(O)Cc1ccccc1. The molecule has 0 saturated carbocycles. The van der Waals surface area contributed by atoms with Gasteiger partial charge in [-0.3, -0.25) is 4.79 Å². The molecule has 6 nitrogen and oxygen atoms in total. The van der Waals surface area contributed by atoms with Crippen molar-refractivity contribution in [3.63, 3.8) is 0 Å². The molecule has 2 N–H and O–H groups in total. The Hall–Kier alpha value is -2.99. The Balaban J connectivity index is 1.61. The van der Waals surface area contributed by atoms with Gasteiger partial charge in [0.25, 0.3) is 5.91 Å². The van der Waals surface area contributed by atoms with E-state index in [1.807, 2.05) is 60.7 Å². The van der Waals surface area contributed by atoms with E-state index in [9.17, 15) is 9.90 Å². The van der Waals surface area contributed by atoms with Crippen LogP contribution in [0.4, 0.5) is 0 Å². The number of rotatable bonds is 6. The molecule has 0 saturated heterocycles. The van der Waals surface area contributed by atoms with Crippen LogP contribution in [0.25, 0.3) is 5.69 Å². The molecular weight excluding hydrogens is 316 g/mol. The Morgan fingerprint density at radius 1 is 1.12 bits per heavy atom. The molecule has 0 fully saturated rings. The first-order valence-corrected chi connectivity index (χ1v) is 8.14. The molecule has 0 spiro atoms. The summed E-state index contributed by atoms with van der Waals surface area (Å²) in [4.78, 5) is 12.3. The maximum Gasteiger partial charge on any atom is 0.273 e. The maximum atomic E-state index is 12.3. The van der Waals surface area contributed by atoms with Crippen LogP contribution in [0.3, 0.4) is 0 Å². The predicted octanol–water partition coefficient (Wildman–Crippen LogP) is 1.99. The lowest BCUT2D eigenvalue weighted by Crippen LogP contribution is -2.42. The Labute approximate surface area is 146 Å². The smallest absolute Gasteiger partial charge is 0.273 e. The van der Waals surface area contributed by atoms with Gasteiger partial charge < -0.3 is 10.4 Å². The summed E-state index contributed by atoms with van der Waals surface area (Å²) in [6, 6.07) is 18.7. The van der Waals surface area contributed by atoms with Gasteiger partial charge in [-0.25, -0.2) is 4.68 Å². The molecule has 6 heteroatoms. The van der Waals surface area contributed by atoms with Crippen LogP contribution in [0.2, 0.25) is 0 Å². The van der Waals surface area contributed by atoms with Gasteiger partial charge >= 0.3 is 0 Å². The second-order valence-electron chi connectivity index (χ2n) is 5.90. The van der Waals surface area contributed by atoms with Gasteiger partial charge in [-0.1, -0.05) is 53.7 Å². The molecule has 0 aliphatic heterocycles. The lowest BCUT2D eigenvalue weighted by atomic mass is 10.0. The third kappa shape index (κ3) is 4.30. The van der Waals surface area contributed by atoms with Gasteiger partial charge in [0.15, 0.2) is 5.69 Å². The second kappa shape index (κ2) is 7.72. The molecule has 0 aliphatic rings. The van der Waals surface area contributed by atoms with Gasteiger partial charge in [-0.05, 0) is 24.6 Å². The summed E-state index contributed by atoms with van der Waals surface area (Å²) in [7, 11) is 0. The monoisotopic (exact) mass is 336 g/mol. The molecule has 2 unspecified atom stereocenters. The van der Waals surface area contributed by atoms with Crippen LogP contribution in [0.5, 0.6) is 0 Å². The summed E-state index contributed by atoms with van der Waals surface area (Å²) >= 11 is 0. The van der Waals surface area contributed by atoms with Crippen LogP contribution in [0, 0.1) is 0 Å². The molecule has 2 aromatic carbocycles.